The van der Waals surface area contributed by atoms with Crippen molar-refractivity contribution in [3.05, 3.63) is 0 Å². The molecule has 0 aliphatic carbocycles. The monoisotopic (exact) mass is 312 g/mol. The third-order valence-corrected chi connectivity index (χ3v) is 4.73. The maximum atomic E-state index is 4.36. The number of hydrogen-bond donors (Lipinski definition) is 4. The lowest BCUT2D eigenvalue weighted by atomic mass is 9.72. The molecule has 0 aliphatic heterocycles. The van der Waals surface area contributed by atoms with E-state index >= 15 is 0 Å². The zero-order valence-electron chi connectivity index (χ0n) is 10.8. The van der Waals surface area contributed by atoms with Crippen molar-refractivity contribution < 1.29 is 0 Å². The van der Waals surface area contributed by atoms with E-state index in [-0.39, 0.29) is 0 Å². The molecule has 0 aromatic rings. The molecule has 0 spiro atoms. The van der Waals surface area contributed by atoms with Crippen molar-refractivity contribution in [3.63, 3.8) is 0 Å². The van der Waals surface area contributed by atoms with Gasteiger partial charge in [0.05, 0.1) is 0 Å². The molecule has 0 bridgehead atoms. The van der Waals surface area contributed by atoms with Crippen LogP contribution in [0.15, 0.2) is 0 Å². The van der Waals surface area contributed by atoms with Gasteiger partial charge in [0.15, 0.2) is 0 Å². The first-order valence-electron chi connectivity index (χ1n) is 6.68. The Balaban J connectivity index is 4.39. The average Bonchev–Trinajstić information content (AvgIpc) is 2.37. The summed E-state index contributed by atoms with van der Waals surface area (Å²) in [5.41, 5.74) is 0.511. The minimum absolute atomic E-state index is 0.511. The Morgan fingerprint density at radius 3 is 0.882 bits per heavy atom. The highest BCUT2D eigenvalue weighted by molar-refractivity contribution is 7.80. The molecule has 0 saturated heterocycles. The van der Waals surface area contributed by atoms with Crippen LogP contribution in [0.2, 0.25) is 0 Å². The number of rotatable bonds is 12. The fraction of sp³-hybridized carbons (Fsp3) is 1.00. The predicted octanol–water partition coefficient (Wildman–Crippen LogP) is 4.81. The smallest absolute Gasteiger partial charge is 0.00977 e. The molecule has 0 aromatic heterocycles. The van der Waals surface area contributed by atoms with Crippen LogP contribution in [0.25, 0.3) is 0 Å². The van der Waals surface area contributed by atoms with Crippen LogP contribution in [0.4, 0.5) is 0 Å². The van der Waals surface area contributed by atoms with E-state index in [2.05, 4.69) is 50.5 Å². The van der Waals surface area contributed by atoms with Gasteiger partial charge in [-0.15, -0.1) is 0 Å². The van der Waals surface area contributed by atoms with Crippen molar-refractivity contribution in [1.29, 1.82) is 0 Å². The molecular formula is C13H28S4. The van der Waals surface area contributed by atoms with Crippen molar-refractivity contribution >= 4 is 50.5 Å². The minimum Gasteiger partial charge on any atom is -0.179 e. The summed E-state index contributed by atoms with van der Waals surface area (Å²) in [6.45, 7) is 0. The lowest BCUT2D eigenvalue weighted by molar-refractivity contribution is 0.193. The first kappa shape index (κ1) is 18.4. The molecule has 0 fully saturated rings. The van der Waals surface area contributed by atoms with E-state index < -0.39 is 0 Å². The van der Waals surface area contributed by atoms with Crippen molar-refractivity contribution in [1.82, 2.24) is 0 Å². The summed E-state index contributed by atoms with van der Waals surface area (Å²) in [6.07, 6.45) is 10.2. The van der Waals surface area contributed by atoms with Crippen molar-refractivity contribution in [2.75, 3.05) is 23.0 Å². The molecule has 0 aliphatic rings. The van der Waals surface area contributed by atoms with Crippen molar-refractivity contribution in [2.45, 2.75) is 51.4 Å². The van der Waals surface area contributed by atoms with E-state index in [4.69, 9.17) is 0 Å². The Bertz CT molecular complexity index is 124. The highest BCUT2D eigenvalue weighted by Gasteiger charge is 2.27. The van der Waals surface area contributed by atoms with E-state index in [1.54, 1.807) is 0 Å². The van der Waals surface area contributed by atoms with Gasteiger partial charge < -0.3 is 0 Å². The molecule has 17 heavy (non-hydrogen) atoms. The number of thiol groups is 4. The molecule has 0 amide bonds. The molecule has 0 radical (unpaired) electrons. The topological polar surface area (TPSA) is 0 Å². The molecule has 0 saturated carbocycles. The van der Waals surface area contributed by atoms with E-state index in [0.717, 1.165) is 23.0 Å². The fourth-order valence-electron chi connectivity index (χ4n) is 2.57. The fourth-order valence-corrected chi connectivity index (χ4v) is 3.20. The van der Waals surface area contributed by atoms with Crippen LogP contribution in [-0.4, -0.2) is 23.0 Å². The summed E-state index contributed by atoms with van der Waals surface area (Å²) >= 11 is 17.4. The van der Waals surface area contributed by atoms with Gasteiger partial charge in [-0.1, -0.05) is 0 Å². The first-order chi connectivity index (χ1) is 8.24. The summed E-state index contributed by atoms with van der Waals surface area (Å²) in [7, 11) is 0. The third kappa shape index (κ3) is 9.01. The highest BCUT2D eigenvalue weighted by Crippen LogP contribution is 2.40. The maximum absolute atomic E-state index is 4.36. The lowest BCUT2D eigenvalue weighted by Crippen LogP contribution is -2.22. The Kier molecular flexibility index (Phi) is 13.5. The molecule has 4 heteroatoms. The second-order valence-electron chi connectivity index (χ2n) is 4.81. The van der Waals surface area contributed by atoms with E-state index in [0.29, 0.717) is 5.41 Å². The van der Waals surface area contributed by atoms with Crippen LogP contribution < -0.4 is 0 Å². The van der Waals surface area contributed by atoms with E-state index in [1.165, 1.54) is 51.4 Å². The molecule has 0 N–H and O–H groups in total. The standard InChI is InChI=1S/C13H28S4/c14-9-1-5-13(6-2-10-15,7-3-11-16)8-4-12-17/h14-17H,1-12H2. The molecule has 0 heterocycles. The van der Waals surface area contributed by atoms with Crippen LogP contribution in [0, 0.1) is 5.41 Å². The predicted molar refractivity (Wildman–Crippen MR) is 94.8 cm³/mol. The molecular weight excluding hydrogens is 284 g/mol. The van der Waals surface area contributed by atoms with E-state index in [9.17, 15) is 0 Å². The molecule has 0 unspecified atom stereocenters. The van der Waals surface area contributed by atoms with Gasteiger partial charge in [0, 0.05) is 0 Å². The lowest BCUT2D eigenvalue weighted by Gasteiger charge is -2.34. The van der Waals surface area contributed by atoms with E-state index in [1.807, 2.05) is 0 Å². The average molecular weight is 313 g/mol. The van der Waals surface area contributed by atoms with Gasteiger partial charge in [0.25, 0.3) is 0 Å². The Morgan fingerprint density at radius 2 is 0.706 bits per heavy atom. The molecule has 104 valence electrons. The Hall–Kier alpha value is 1.40. The van der Waals surface area contributed by atoms with Crippen LogP contribution in [-0.2, 0) is 0 Å². The van der Waals surface area contributed by atoms with Gasteiger partial charge >= 0.3 is 0 Å². The number of hydrogen-bond acceptors (Lipinski definition) is 4. The largest absolute Gasteiger partial charge is 0.179 e. The Labute approximate surface area is 130 Å². The zero-order chi connectivity index (χ0) is 13.0. The minimum atomic E-state index is 0.511. The van der Waals surface area contributed by atoms with Gasteiger partial charge in [-0.2, -0.15) is 50.5 Å². The van der Waals surface area contributed by atoms with Gasteiger partial charge in [0.2, 0.25) is 0 Å². The Morgan fingerprint density at radius 1 is 0.471 bits per heavy atom. The van der Waals surface area contributed by atoms with Gasteiger partial charge in [0.1, 0.15) is 0 Å². The summed E-state index contributed by atoms with van der Waals surface area (Å²) in [4.78, 5) is 0. The van der Waals surface area contributed by atoms with Crippen LogP contribution in [0.5, 0.6) is 0 Å². The highest BCUT2D eigenvalue weighted by atomic mass is 32.1. The van der Waals surface area contributed by atoms with Crippen LogP contribution in [0.3, 0.4) is 0 Å². The second kappa shape index (κ2) is 12.4. The summed E-state index contributed by atoms with van der Waals surface area (Å²) in [5.74, 6) is 4.02. The zero-order valence-corrected chi connectivity index (χ0v) is 14.4. The molecule has 0 rings (SSSR count). The molecule has 0 aromatic carbocycles. The van der Waals surface area contributed by atoms with Gasteiger partial charge in [-0.25, -0.2) is 0 Å². The molecule has 0 nitrogen and oxygen atoms in total. The second-order valence-corrected chi connectivity index (χ2v) is 6.60. The maximum Gasteiger partial charge on any atom is -0.00977 e. The van der Waals surface area contributed by atoms with Gasteiger partial charge in [-0.3, -0.25) is 0 Å². The molecule has 0 atom stereocenters. The summed E-state index contributed by atoms with van der Waals surface area (Å²) in [6, 6.07) is 0. The van der Waals surface area contributed by atoms with Gasteiger partial charge in [-0.05, 0) is 79.8 Å². The van der Waals surface area contributed by atoms with Crippen molar-refractivity contribution in [2.24, 2.45) is 5.41 Å². The summed E-state index contributed by atoms with van der Waals surface area (Å²) in [5, 5.41) is 0. The first-order valence-corrected chi connectivity index (χ1v) is 9.21. The SMILES string of the molecule is SCCCC(CCCS)(CCCS)CCCS. The quantitative estimate of drug-likeness (QED) is 0.365. The third-order valence-electron chi connectivity index (χ3n) is 3.46. The normalized spacial score (nSPS) is 12.0. The van der Waals surface area contributed by atoms with Crippen LogP contribution in [0.1, 0.15) is 51.4 Å². The van der Waals surface area contributed by atoms with Crippen molar-refractivity contribution in [3.8, 4) is 0 Å². The van der Waals surface area contributed by atoms with Crippen LogP contribution >= 0.6 is 50.5 Å². The summed E-state index contributed by atoms with van der Waals surface area (Å²) < 4.78 is 0.